The molecule has 8 nitrogen and oxygen atoms in total. The van der Waals surface area contributed by atoms with Gasteiger partial charge in [0, 0.05) is 36.6 Å². The molecule has 1 N–H and O–H groups in total. The predicted octanol–water partition coefficient (Wildman–Crippen LogP) is 3.92. The first kappa shape index (κ1) is 21.5. The molecule has 3 heterocycles. The number of nitrogens with one attached hydrogen (secondary N) is 1. The maximum Gasteiger partial charge on any atom is 0.287 e. The molecular formula is C24H17FN4O4S. The van der Waals surface area contributed by atoms with Crippen molar-refractivity contribution in [3.05, 3.63) is 103 Å². The maximum atomic E-state index is 14.7. The normalized spacial score (nSPS) is 11.6. The average molecular weight is 476 g/mol. The van der Waals surface area contributed by atoms with Gasteiger partial charge in [0.05, 0.1) is 16.8 Å². The van der Waals surface area contributed by atoms with Crippen molar-refractivity contribution in [1.29, 1.82) is 0 Å². The Balaban J connectivity index is 1.30. The predicted molar refractivity (Wildman–Crippen MR) is 121 cm³/mol. The Morgan fingerprint density at radius 3 is 2.59 bits per heavy atom. The zero-order chi connectivity index (χ0) is 23.7. The van der Waals surface area contributed by atoms with E-state index in [4.69, 9.17) is 4.42 Å². The number of carbonyl (C=O) groups is 1. The van der Waals surface area contributed by atoms with Gasteiger partial charge in [-0.1, -0.05) is 12.1 Å². The van der Waals surface area contributed by atoms with Gasteiger partial charge in [0.25, 0.3) is 5.91 Å². The van der Waals surface area contributed by atoms with Gasteiger partial charge in [-0.3, -0.25) is 9.78 Å². The van der Waals surface area contributed by atoms with E-state index in [-0.39, 0.29) is 17.2 Å². The van der Waals surface area contributed by atoms with Crippen LogP contribution in [0.1, 0.15) is 16.1 Å². The van der Waals surface area contributed by atoms with Crippen LogP contribution in [0.2, 0.25) is 0 Å². The summed E-state index contributed by atoms with van der Waals surface area (Å²) in [4.78, 5) is 15.8. The number of sulfone groups is 1. The van der Waals surface area contributed by atoms with Gasteiger partial charge in [-0.15, -0.1) is 0 Å². The standard InChI is InChI=1S/C24H17FN4O4S/c25-20-13-18(29-11-1-9-28-29)4-7-23(20)34(31,32)19-5-2-16(3-6-19)14-27-24(30)21-12-17-8-10-26-15-22(17)33-21/h1-13,15H,14H2,(H,27,30). The monoisotopic (exact) mass is 476 g/mol. The molecule has 34 heavy (non-hydrogen) atoms. The fourth-order valence-electron chi connectivity index (χ4n) is 3.45. The summed E-state index contributed by atoms with van der Waals surface area (Å²) in [7, 11) is -4.07. The molecule has 0 aliphatic rings. The maximum absolute atomic E-state index is 14.7. The first-order chi connectivity index (χ1) is 16.4. The number of amides is 1. The molecule has 0 atom stereocenters. The van der Waals surface area contributed by atoms with Crippen LogP contribution in [-0.4, -0.2) is 29.1 Å². The molecule has 0 unspecified atom stereocenters. The lowest BCUT2D eigenvalue weighted by molar-refractivity contribution is 0.0925. The van der Waals surface area contributed by atoms with Crippen LogP contribution in [0.4, 0.5) is 4.39 Å². The Hall–Kier alpha value is -4.31. The highest BCUT2D eigenvalue weighted by molar-refractivity contribution is 7.91. The molecule has 1 amide bonds. The minimum Gasteiger partial charge on any atom is -0.449 e. The number of halogens is 1. The van der Waals surface area contributed by atoms with E-state index in [9.17, 15) is 17.6 Å². The van der Waals surface area contributed by atoms with Gasteiger partial charge < -0.3 is 9.73 Å². The van der Waals surface area contributed by atoms with E-state index in [1.54, 1.807) is 48.9 Å². The number of pyridine rings is 1. The molecule has 5 aromatic rings. The van der Waals surface area contributed by atoms with Crippen molar-refractivity contribution in [2.24, 2.45) is 0 Å². The Morgan fingerprint density at radius 1 is 1.06 bits per heavy atom. The van der Waals surface area contributed by atoms with Crippen molar-refractivity contribution in [2.45, 2.75) is 16.3 Å². The molecule has 5 rings (SSSR count). The summed E-state index contributed by atoms with van der Waals surface area (Å²) in [6.45, 7) is 0.154. The molecule has 0 aliphatic carbocycles. The van der Waals surface area contributed by atoms with Gasteiger partial charge in [-0.05, 0) is 48.0 Å². The van der Waals surface area contributed by atoms with E-state index >= 15 is 0 Å². The first-order valence-electron chi connectivity index (χ1n) is 10.2. The van der Waals surface area contributed by atoms with E-state index < -0.39 is 26.5 Å². The summed E-state index contributed by atoms with van der Waals surface area (Å²) in [5.41, 5.74) is 1.58. The lowest BCUT2D eigenvalue weighted by Gasteiger charge is -2.09. The van der Waals surface area contributed by atoms with E-state index in [1.807, 2.05) is 0 Å². The fourth-order valence-corrected chi connectivity index (χ4v) is 4.76. The van der Waals surface area contributed by atoms with E-state index in [0.29, 0.717) is 16.8 Å². The zero-order valence-corrected chi connectivity index (χ0v) is 18.4. The molecule has 0 saturated heterocycles. The van der Waals surface area contributed by atoms with Crippen LogP contribution < -0.4 is 5.32 Å². The summed E-state index contributed by atoms with van der Waals surface area (Å²) in [5.74, 6) is -1.13. The van der Waals surface area contributed by atoms with Crippen LogP contribution in [0.15, 0.2) is 99.7 Å². The van der Waals surface area contributed by atoms with Crippen molar-refractivity contribution >= 4 is 26.7 Å². The molecule has 3 aromatic heterocycles. The van der Waals surface area contributed by atoms with Crippen LogP contribution in [0.5, 0.6) is 0 Å². The summed E-state index contributed by atoms with van der Waals surface area (Å²) in [6.07, 6.45) is 6.31. The average Bonchev–Trinajstić information content (AvgIpc) is 3.53. The molecular weight excluding hydrogens is 459 g/mol. The number of rotatable bonds is 6. The number of hydrogen-bond donors (Lipinski definition) is 1. The molecule has 0 saturated carbocycles. The van der Waals surface area contributed by atoms with Crippen molar-refractivity contribution in [3.8, 4) is 5.69 Å². The van der Waals surface area contributed by atoms with E-state index in [0.717, 1.165) is 11.5 Å². The van der Waals surface area contributed by atoms with Crippen LogP contribution in [0.25, 0.3) is 16.7 Å². The van der Waals surface area contributed by atoms with E-state index in [1.165, 1.54) is 35.1 Å². The van der Waals surface area contributed by atoms with Gasteiger partial charge in [-0.25, -0.2) is 17.5 Å². The summed E-state index contributed by atoms with van der Waals surface area (Å²) in [6, 6.07) is 14.8. The van der Waals surface area contributed by atoms with Crippen molar-refractivity contribution < 1.29 is 22.0 Å². The SMILES string of the molecule is O=C(NCc1ccc(S(=O)(=O)c2ccc(-n3cccn3)cc2F)cc1)c1cc2ccncc2o1. The molecule has 10 heteroatoms. The van der Waals surface area contributed by atoms with Gasteiger partial charge in [-0.2, -0.15) is 5.10 Å². The lowest BCUT2D eigenvalue weighted by Crippen LogP contribution is -2.22. The third kappa shape index (κ3) is 4.06. The van der Waals surface area contributed by atoms with Crippen LogP contribution in [0.3, 0.4) is 0 Å². The van der Waals surface area contributed by atoms with Crippen molar-refractivity contribution in [1.82, 2.24) is 20.1 Å². The Labute approximate surface area is 193 Å². The second-order valence-electron chi connectivity index (χ2n) is 7.42. The quantitative estimate of drug-likeness (QED) is 0.398. The van der Waals surface area contributed by atoms with Gasteiger partial charge in [0.2, 0.25) is 9.84 Å². The number of hydrogen-bond acceptors (Lipinski definition) is 6. The number of fused-ring (bicyclic) bond motifs is 1. The molecule has 0 spiro atoms. The number of benzene rings is 2. The molecule has 2 aromatic carbocycles. The molecule has 0 bridgehead atoms. The minimum absolute atomic E-state index is 0.0573. The van der Waals surface area contributed by atoms with E-state index in [2.05, 4.69) is 15.4 Å². The fraction of sp³-hybridized carbons (Fsp3) is 0.0417. The first-order valence-corrected chi connectivity index (χ1v) is 11.7. The third-order valence-electron chi connectivity index (χ3n) is 5.21. The van der Waals surface area contributed by atoms with Crippen LogP contribution >= 0.6 is 0 Å². The second-order valence-corrected chi connectivity index (χ2v) is 9.34. The third-order valence-corrected chi connectivity index (χ3v) is 7.01. The molecule has 0 radical (unpaired) electrons. The van der Waals surface area contributed by atoms with Gasteiger partial charge >= 0.3 is 0 Å². The van der Waals surface area contributed by atoms with Gasteiger partial charge in [0.15, 0.2) is 11.3 Å². The number of aromatic nitrogens is 3. The zero-order valence-electron chi connectivity index (χ0n) is 17.6. The van der Waals surface area contributed by atoms with Crippen molar-refractivity contribution in [3.63, 3.8) is 0 Å². The highest BCUT2D eigenvalue weighted by Crippen LogP contribution is 2.25. The summed E-state index contributed by atoms with van der Waals surface area (Å²) < 4.78 is 47.5. The largest absolute Gasteiger partial charge is 0.449 e. The summed E-state index contributed by atoms with van der Waals surface area (Å²) in [5, 5.41) is 7.50. The lowest BCUT2D eigenvalue weighted by atomic mass is 10.2. The number of carbonyl (C=O) groups excluding carboxylic acids is 1. The van der Waals surface area contributed by atoms with Gasteiger partial charge in [0.1, 0.15) is 10.7 Å². The number of nitrogens with zero attached hydrogens (tertiary/aromatic N) is 3. The smallest absolute Gasteiger partial charge is 0.287 e. The second kappa shape index (κ2) is 8.56. The Bertz CT molecular complexity index is 1560. The molecule has 170 valence electrons. The molecule has 0 aliphatic heterocycles. The summed E-state index contributed by atoms with van der Waals surface area (Å²) >= 11 is 0. The number of furan rings is 1. The highest BCUT2D eigenvalue weighted by Gasteiger charge is 2.22. The van der Waals surface area contributed by atoms with Crippen LogP contribution in [0, 0.1) is 5.82 Å². The highest BCUT2D eigenvalue weighted by atomic mass is 32.2. The topological polar surface area (TPSA) is 107 Å². The van der Waals surface area contributed by atoms with Crippen LogP contribution in [-0.2, 0) is 16.4 Å². The minimum atomic E-state index is -4.07. The molecule has 0 fully saturated rings. The Kier molecular flexibility index (Phi) is 5.42. The Morgan fingerprint density at radius 2 is 1.88 bits per heavy atom. The van der Waals surface area contributed by atoms with Crippen molar-refractivity contribution in [2.75, 3.05) is 0 Å².